The standard InChI is InChI=1S/C14H18BrFOS/c1-13(2)5-6-18-9-14(13,17)8-10-3-4-11(16)7-12(10)15/h3-4,7,17H,5-6,8-9H2,1-2H3. The second-order valence-electron chi connectivity index (χ2n) is 5.63. The van der Waals surface area contributed by atoms with E-state index in [1.54, 1.807) is 17.8 Å². The van der Waals surface area contributed by atoms with Gasteiger partial charge < -0.3 is 5.11 Å². The molecular weight excluding hydrogens is 315 g/mol. The molecule has 4 heteroatoms. The fourth-order valence-electron chi connectivity index (χ4n) is 2.27. The van der Waals surface area contributed by atoms with E-state index < -0.39 is 5.60 Å². The average molecular weight is 333 g/mol. The first-order valence-electron chi connectivity index (χ1n) is 6.08. The Kier molecular flexibility index (Phi) is 4.10. The second-order valence-corrected chi connectivity index (χ2v) is 7.59. The van der Waals surface area contributed by atoms with Gasteiger partial charge in [0.15, 0.2) is 0 Å². The lowest BCUT2D eigenvalue weighted by atomic mass is 9.70. The maximum Gasteiger partial charge on any atom is 0.124 e. The van der Waals surface area contributed by atoms with Gasteiger partial charge in [-0.15, -0.1) is 0 Å². The van der Waals surface area contributed by atoms with E-state index >= 15 is 0 Å². The van der Waals surface area contributed by atoms with E-state index in [-0.39, 0.29) is 11.2 Å². The Morgan fingerprint density at radius 1 is 1.44 bits per heavy atom. The van der Waals surface area contributed by atoms with Gasteiger partial charge in [-0.05, 0) is 35.3 Å². The van der Waals surface area contributed by atoms with Crippen LogP contribution in [0.4, 0.5) is 4.39 Å². The molecule has 0 radical (unpaired) electrons. The van der Waals surface area contributed by atoms with Crippen molar-refractivity contribution in [1.29, 1.82) is 0 Å². The van der Waals surface area contributed by atoms with Crippen LogP contribution in [0.15, 0.2) is 22.7 Å². The summed E-state index contributed by atoms with van der Waals surface area (Å²) in [4.78, 5) is 0. The SMILES string of the molecule is CC1(C)CCSCC1(O)Cc1ccc(F)cc1Br. The van der Waals surface area contributed by atoms with Gasteiger partial charge in [-0.2, -0.15) is 11.8 Å². The first-order valence-corrected chi connectivity index (χ1v) is 8.03. The molecule has 0 bridgehead atoms. The molecule has 1 aliphatic heterocycles. The van der Waals surface area contributed by atoms with E-state index in [1.807, 2.05) is 0 Å². The molecule has 18 heavy (non-hydrogen) atoms. The summed E-state index contributed by atoms with van der Waals surface area (Å²) in [6.07, 6.45) is 1.57. The van der Waals surface area contributed by atoms with Crippen molar-refractivity contribution in [3.8, 4) is 0 Å². The first-order chi connectivity index (χ1) is 8.34. The Labute approximate surface area is 120 Å². The smallest absolute Gasteiger partial charge is 0.124 e. The number of benzene rings is 1. The van der Waals surface area contributed by atoms with Crippen LogP contribution in [0.2, 0.25) is 0 Å². The van der Waals surface area contributed by atoms with Gasteiger partial charge in [0.25, 0.3) is 0 Å². The summed E-state index contributed by atoms with van der Waals surface area (Å²) in [6, 6.07) is 4.67. The van der Waals surface area contributed by atoms with E-state index in [4.69, 9.17) is 0 Å². The third kappa shape index (κ3) is 2.75. The van der Waals surface area contributed by atoms with Crippen molar-refractivity contribution in [3.63, 3.8) is 0 Å². The molecule has 1 aliphatic rings. The van der Waals surface area contributed by atoms with E-state index in [1.165, 1.54) is 12.1 Å². The molecule has 100 valence electrons. The van der Waals surface area contributed by atoms with Crippen LogP contribution in [-0.2, 0) is 6.42 Å². The Bertz CT molecular complexity index is 449. The van der Waals surface area contributed by atoms with E-state index in [2.05, 4.69) is 29.8 Å². The molecule has 1 aromatic rings. The van der Waals surface area contributed by atoms with Crippen LogP contribution in [0, 0.1) is 11.2 Å². The monoisotopic (exact) mass is 332 g/mol. The van der Waals surface area contributed by atoms with Gasteiger partial charge >= 0.3 is 0 Å². The van der Waals surface area contributed by atoms with Crippen LogP contribution in [0.25, 0.3) is 0 Å². The van der Waals surface area contributed by atoms with Crippen LogP contribution >= 0.6 is 27.7 Å². The van der Waals surface area contributed by atoms with Crippen molar-refractivity contribution < 1.29 is 9.50 Å². The number of rotatable bonds is 2. The molecule has 1 aromatic carbocycles. The first kappa shape index (κ1) is 14.4. The minimum Gasteiger partial charge on any atom is -0.388 e. The molecule has 0 aromatic heterocycles. The van der Waals surface area contributed by atoms with Crippen LogP contribution in [0.1, 0.15) is 25.8 Å². The lowest BCUT2D eigenvalue weighted by molar-refractivity contribution is -0.0514. The van der Waals surface area contributed by atoms with Crippen molar-refractivity contribution in [1.82, 2.24) is 0 Å². The highest BCUT2D eigenvalue weighted by molar-refractivity contribution is 9.10. The summed E-state index contributed by atoms with van der Waals surface area (Å²) in [5, 5.41) is 10.9. The van der Waals surface area contributed by atoms with E-state index in [0.29, 0.717) is 6.42 Å². The summed E-state index contributed by atoms with van der Waals surface area (Å²) in [5.74, 6) is 1.58. The van der Waals surface area contributed by atoms with Crippen LogP contribution < -0.4 is 0 Å². The highest BCUT2D eigenvalue weighted by Gasteiger charge is 2.45. The van der Waals surface area contributed by atoms with Gasteiger partial charge in [0, 0.05) is 16.6 Å². The molecule has 1 unspecified atom stereocenters. The summed E-state index contributed by atoms with van der Waals surface area (Å²) in [5.41, 5.74) is 0.136. The maximum atomic E-state index is 13.1. The molecule has 0 spiro atoms. The number of thioether (sulfide) groups is 1. The molecule has 0 aliphatic carbocycles. The van der Waals surface area contributed by atoms with Gasteiger partial charge in [0.1, 0.15) is 5.82 Å². The molecular formula is C14H18BrFOS. The van der Waals surface area contributed by atoms with Crippen molar-refractivity contribution in [3.05, 3.63) is 34.1 Å². The van der Waals surface area contributed by atoms with E-state index in [0.717, 1.165) is 28.0 Å². The number of aliphatic hydroxyl groups is 1. The Morgan fingerprint density at radius 2 is 2.17 bits per heavy atom. The molecule has 0 saturated carbocycles. The highest BCUT2D eigenvalue weighted by atomic mass is 79.9. The summed E-state index contributed by atoms with van der Waals surface area (Å²) >= 11 is 5.17. The number of hydrogen-bond acceptors (Lipinski definition) is 2. The van der Waals surface area contributed by atoms with Gasteiger partial charge in [-0.3, -0.25) is 0 Å². The predicted octanol–water partition coefficient (Wildman–Crippen LogP) is 4.02. The van der Waals surface area contributed by atoms with Crippen LogP contribution in [0.5, 0.6) is 0 Å². The average Bonchev–Trinajstić information content (AvgIpc) is 2.27. The minimum atomic E-state index is -0.726. The van der Waals surface area contributed by atoms with Crippen molar-refractivity contribution in [2.75, 3.05) is 11.5 Å². The topological polar surface area (TPSA) is 20.2 Å². The Balaban J connectivity index is 2.26. The maximum absolute atomic E-state index is 13.1. The fraction of sp³-hybridized carbons (Fsp3) is 0.571. The number of halogens is 2. The highest BCUT2D eigenvalue weighted by Crippen LogP contribution is 2.44. The molecule has 0 amide bonds. The molecule has 1 saturated heterocycles. The molecule has 1 heterocycles. The van der Waals surface area contributed by atoms with Gasteiger partial charge in [-0.1, -0.05) is 35.8 Å². The summed E-state index contributed by atoms with van der Waals surface area (Å²) in [6.45, 7) is 4.23. The van der Waals surface area contributed by atoms with Gasteiger partial charge in [0.2, 0.25) is 0 Å². The van der Waals surface area contributed by atoms with Crippen molar-refractivity contribution >= 4 is 27.7 Å². The van der Waals surface area contributed by atoms with Crippen LogP contribution in [-0.4, -0.2) is 22.2 Å². The third-order valence-corrected chi connectivity index (χ3v) is 5.88. The quantitative estimate of drug-likeness (QED) is 0.882. The van der Waals surface area contributed by atoms with E-state index in [9.17, 15) is 9.50 Å². The zero-order valence-electron chi connectivity index (χ0n) is 10.7. The molecule has 2 rings (SSSR count). The zero-order chi connectivity index (χ0) is 13.4. The predicted molar refractivity (Wildman–Crippen MR) is 78.5 cm³/mol. The van der Waals surface area contributed by atoms with Gasteiger partial charge in [-0.25, -0.2) is 4.39 Å². The minimum absolute atomic E-state index is 0.105. The molecule has 1 atom stereocenters. The normalized spacial score (nSPS) is 27.2. The molecule has 1 nitrogen and oxygen atoms in total. The fourth-order valence-corrected chi connectivity index (χ4v) is 4.39. The molecule has 1 fully saturated rings. The van der Waals surface area contributed by atoms with Crippen molar-refractivity contribution in [2.45, 2.75) is 32.3 Å². The lowest BCUT2D eigenvalue weighted by Crippen LogP contribution is -2.51. The Hall–Kier alpha value is -0.0600. The third-order valence-electron chi connectivity index (χ3n) is 3.97. The summed E-state index contributed by atoms with van der Waals surface area (Å²) < 4.78 is 13.8. The van der Waals surface area contributed by atoms with Crippen molar-refractivity contribution in [2.24, 2.45) is 5.41 Å². The lowest BCUT2D eigenvalue weighted by Gasteiger charge is -2.46. The second kappa shape index (κ2) is 5.14. The van der Waals surface area contributed by atoms with Crippen LogP contribution in [0.3, 0.4) is 0 Å². The Morgan fingerprint density at radius 3 is 2.78 bits per heavy atom. The molecule has 1 N–H and O–H groups in total. The summed E-state index contributed by atoms with van der Waals surface area (Å²) in [7, 11) is 0. The number of hydrogen-bond donors (Lipinski definition) is 1. The zero-order valence-corrected chi connectivity index (χ0v) is 13.1. The van der Waals surface area contributed by atoms with Gasteiger partial charge in [0.05, 0.1) is 5.60 Å². The largest absolute Gasteiger partial charge is 0.388 e.